The van der Waals surface area contributed by atoms with E-state index in [-0.39, 0.29) is 47.6 Å². The van der Waals surface area contributed by atoms with Crippen LogP contribution in [0.3, 0.4) is 0 Å². The van der Waals surface area contributed by atoms with Gasteiger partial charge in [0.15, 0.2) is 5.78 Å². The number of halogens is 2. The van der Waals surface area contributed by atoms with Crippen molar-refractivity contribution in [2.75, 3.05) is 0 Å². The Labute approximate surface area is 236 Å². The molecule has 9 nitrogen and oxygen atoms in total. The highest BCUT2D eigenvalue weighted by molar-refractivity contribution is 6.51. The van der Waals surface area contributed by atoms with Crippen LogP contribution in [0.1, 0.15) is 56.3 Å². The molecule has 1 aliphatic heterocycles. The van der Waals surface area contributed by atoms with Gasteiger partial charge >= 0.3 is 0 Å². The number of fused-ring (bicyclic) bond motifs is 2. The van der Waals surface area contributed by atoms with Crippen molar-refractivity contribution in [1.82, 2.24) is 30.0 Å². The fourth-order valence-electron chi connectivity index (χ4n) is 6.05. The maximum atomic E-state index is 13.7. The number of nitrogens with one attached hydrogen (secondary N) is 1. The van der Waals surface area contributed by atoms with Crippen LogP contribution in [-0.4, -0.2) is 64.7 Å². The van der Waals surface area contributed by atoms with Crippen LogP contribution < -0.4 is 5.32 Å². The van der Waals surface area contributed by atoms with Gasteiger partial charge in [0.1, 0.15) is 28.4 Å². The third-order valence-corrected chi connectivity index (χ3v) is 9.43. The molecule has 2 amide bonds. The zero-order chi connectivity index (χ0) is 27.9. The Balaban J connectivity index is 1.26. The summed E-state index contributed by atoms with van der Waals surface area (Å²) >= 11 is 12.4. The molecule has 1 saturated heterocycles. The number of carbonyl (C=O) groups excluding carboxylic acids is 3. The van der Waals surface area contributed by atoms with Crippen LogP contribution in [0.15, 0.2) is 30.6 Å². The van der Waals surface area contributed by atoms with Crippen molar-refractivity contribution in [3.8, 4) is 11.1 Å². The predicted octanol–water partition coefficient (Wildman–Crippen LogP) is 4.08. The van der Waals surface area contributed by atoms with Crippen molar-refractivity contribution in [3.05, 3.63) is 42.1 Å². The maximum absolute atomic E-state index is 13.7. The molecular weight excluding hydrogens is 539 g/mol. The Bertz CT molecular complexity index is 1520. The third kappa shape index (κ3) is 4.59. The van der Waals surface area contributed by atoms with Crippen molar-refractivity contribution in [2.24, 2.45) is 11.3 Å². The fraction of sp³-hybridized carbons (Fsp3) is 0.500. The number of piperidine rings is 1. The summed E-state index contributed by atoms with van der Waals surface area (Å²) in [6.07, 6.45) is 5.59. The summed E-state index contributed by atoms with van der Waals surface area (Å²) < 4.78 is 0.771. The number of alkyl halides is 2. The van der Waals surface area contributed by atoms with Gasteiger partial charge in [0, 0.05) is 48.3 Å². The molecule has 1 unspecified atom stereocenters. The molecule has 1 N–H and O–H groups in total. The predicted molar refractivity (Wildman–Crippen MR) is 147 cm³/mol. The highest BCUT2D eigenvalue weighted by atomic mass is 35.5. The van der Waals surface area contributed by atoms with E-state index < -0.39 is 10.4 Å². The van der Waals surface area contributed by atoms with E-state index in [9.17, 15) is 14.4 Å². The SMILES string of the molecule is CC(=O)c1nn(CC(=O)N2[C@H](C(=O)N[C@H](C)C3CC3(Cl)Cl)C[C@@]3(C)C[C@@H]23)c2ccc(-c3cnc(C)nc3)cc12. The number of hydrogen-bond acceptors (Lipinski definition) is 6. The van der Waals surface area contributed by atoms with Gasteiger partial charge in [0.2, 0.25) is 11.8 Å². The number of Topliss-reactive ketones (excluding diaryl/α,β-unsaturated/α-hetero) is 1. The van der Waals surface area contributed by atoms with Gasteiger partial charge in [-0.2, -0.15) is 5.10 Å². The molecule has 2 aromatic heterocycles. The highest BCUT2D eigenvalue weighted by Crippen LogP contribution is 2.59. The largest absolute Gasteiger partial charge is 0.351 e. The Morgan fingerprint density at radius 3 is 2.46 bits per heavy atom. The average Bonchev–Trinajstić information content (AvgIpc) is 3.63. The maximum Gasteiger partial charge on any atom is 0.245 e. The number of aromatic nitrogens is 4. The molecule has 204 valence electrons. The molecule has 39 heavy (non-hydrogen) atoms. The smallest absolute Gasteiger partial charge is 0.245 e. The van der Waals surface area contributed by atoms with Crippen molar-refractivity contribution in [1.29, 1.82) is 0 Å². The van der Waals surface area contributed by atoms with Crippen LogP contribution in [-0.2, 0) is 16.1 Å². The monoisotopic (exact) mass is 568 g/mol. The molecule has 6 rings (SSSR count). The van der Waals surface area contributed by atoms with Crippen LogP contribution >= 0.6 is 23.2 Å². The number of ketones is 1. The number of nitrogens with zero attached hydrogens (tertiary/aromatic N) is 5. The number of rotatable bonds is 7. The lowest BCUT2D eigenvalue weighted by Gasteiger charge is -2.28. The van der Waals surface area contributed by atoms with Crippen LogP contribution in [0.2, 0.25) is 0 Å². The minimum absolute atomic E-state index is 0.00253. The first-order chi connectivity index (χ1) is 18.4. The topological polar surface area (TPSA) is 110 Å². The molecule has 11 heteroatoms. The first kappa shape index (κ1) is 26.2. The van der Waals surface area contributed by atoms with Crippen LogP contribution in [0, 0.1) is 18.3 Å². The van der Waals surface area contributed by atoms with E-state index in [2.05, 4.69) is 27.3 Å². The summed E-state index contributed by atoms with van der Waals surface area (Å²) in [5.41, 5.74) is 2.57. The standard InChI is InChI=1S/C28H30Cl2N6O3/c1-14(20-8-28(20,29)30)33-26(39)22-9-27(4)10-23(27)36(22)24(38)13-35-21-6-5-17(18-11-31-16(3)32-12-18)7-19(21)25(34-35)15(2)37/h5-7,11-12,14,20,22-23H,8-10,13H2,1-4H3,(H,33,39)/t14-,20?,22+,23-,27+/m1/s1. The van der Waals surface area contributed by atoms with Crippen LogP contribution in [0.25, 0.3) is 22.0 Å². The number of likely N-dealkylation sites (tertiary alicyclic amines) is 1. The van der Waals surface area contributed by atoms with Gasteiger partial charge in [0.25, 0.3) is 0 Å². The summed E-state index contributed by atoms with van der Waals surface area (Å²) in [5, 5.41) is 8.23. The quantitative estimate of drug-likeness (QED) is 0.339. The summed E-state index contributed by atoms with van der Waals surface area (Å²) in [6.45, 7) is 7.22. The van der Waals surface area contributed by atoms with Gasteiger partial charge in [-0.15, -0.1) is 23.2 Å². The Morgan fingerprint density at radius 1 is 1.13 bits per heavy atom. The van der Waals surface area contributed by atoms with Gasteiger partial charge in [-0.3, -0.25) is 19.1 Å². The normalized spacial score (nSPS) is 27.2. The molecule has 1 aromatic carbocycles. The van der Waals surface area contributed by atoms with E-state index >= 15 is 0 Å². The van der Waals surface area contributed by atoms with Crippen molar-refractivity contribution >= 4 is 51.7 Å². The first-order valence-corrected chi connectivity index (χ1v) is 13.9. The zero-order valence-electron chi connectivity index (χ0n) is 22.2. The number of hydrogen-bond donors (Lipinski definition) is 1. The molecule has 0 spiro atoms. The first-order valence-electron chi connectivity index (χ1n) is 13.2. The zero-order valence-corrected chi connectivity index (χ0v) is 23.8. The molecule has 5 atom stereocenters. The van der Waals surface area contributed by atoms with Gasteiger partial charge in [-0.1, -0.05) is 13.0 Å². The van der Waals surface area contributed by atoms with E-state index in [4.69, 9.17) is 23.2 Å². The van der Waals surface area contributed by atoms with Gasteiger partial charge in [-0.25, -0.2) is 9.97 Å². The highest BCUT2D eigenvalue weighted by Gasteiger charge is 2.64. The fourth-order valence-corrected chi connectivity index (χ4v) is 6.76. The minimum Gasteiger partial charge on any atom is -0.351 e. The Kier molecular flexibility index (Phi) is 6.04. The summed E-state index contributed by atoms with van der Waals surface area (Å²) in [6, 6.07) is 4.90. The lowest BCUT2D eigenvalue weighted by molar-refractivity contribution is -0.140. The molecule has 2 saturated carbocycles. The second-order valence-electron chi connectivity index (χ2n) is 11.6. The number of carbonyl (C=O) groups is 3. The second-order valence-corrected chi connectivity index (χ2v) is 13.1. The minimum atomic E-state index is -0.798. The molecule has 2 aliphatic carbocycles. The molecule has 3 heterocycles. The summed E-state index contributed by atoms with van der Waals surface area (Å²) in [7, 11) is 0. The number of amides is 2. The van der Waals surface area contributed by atoms with Crippen molar-refractivity contribution in [3.63, 3.8) is 0 Å². The van der Waals surface area contributed by atoms with Crippen molar-refractivity contribution in [2.45, 2.75) is 76.0 Å². The Hall–Kier alpha value is -3.04. The molecule has 3 aliphatic rings. The lowest BCUT2D eigenvalue weighted by Crippen LogP contribution is -2.51. The third-order valence-electron chi connectivity index (χ3n) is 8.56. The van der Waals surface area contributed by atoms with E-state index in [0.717, 1.165) is 17.5 Å². The van der Waals surface area contributed by atoms with Crippen LogP contribution in [0.5, 0.6) is 0 Å². The molecule has 3 aromatic rings. The second kappa shape index (κ2) is 8.99. The van der Waals surface area contributed by atoms with Crippen LogP contribution in [0.4, 0.5) is 0 Å². The molecule has 0 bridgehead atoms. The van der Waals surface area contributed by atoms with E-state index in [1.807, 2.05) is 32.0 Å². The van der Waals surface area contributed by atoms with Gasteiger partial charge in [-0.05, 0) is 56.2 Å². The molecule has 0 radical (unpaired) electrons. The lowest BCUT2D eigenvalue weighted by atomic mass is 10.0. The van der Waals surface area contributed by atoms with Gasteiger partial charge < -0.3 is 10.2 Å². The van der Waals surface area contributed by atoms with Crippen molar-refractivity contribution < 1.29 is 14.4 Å². The molecular formula is C28H30Cl2N6O3. The number of aryl methyl sites for hydroxylation is 1. The van der Waals surface area contributed by atoms with E-state index in [1.165, 1.54) is 6.92 Å². The Morgan fingerprint density at radius 2 is 1.82 bits per heavy atom. The summed E-state index contributed by atoms with van der Waals surface area (Å²) in [4.78, 5) is 49.8. The average molecular weight is 569 g/mol. The molecule has 3 fully saturated rings. The number of benzene rings is 1. The van der Waals surface area contributed by atoms with E-state index in [0.29, 0.717) is 35.3 Å². The van der Waals surface area contributed by atoms with E-state index in [1.54, 1.807) is 22.0 Å². The summed E-state index contributed by atoms with van der Waals surface area (Å²) in [5.74, 6) is 0.0992. The van der Waals surface area contributed by atoms with Gasteiger partial charge in [0.05, 0.1) is 5.52 Å².